The minimum atomic E-state index is -0.796. The molecule has 1 aliphatic carbocycles. The van der Waals surface area contributed by atoms with Crippen LogP contribution in [0.15, 0.2) is 17.1 Å². The van der Waals surface area contributed by atoms with Crippen molar-refractivity contribution in [2.75, 3.05) is 6.54 Å². The molecule has 1 rings (SSSR count). The number of carboxylic acids is 1. The first-order valence-electron chi connectivity index (χ1n) is 6.00. The predicted octanol–water partition coefficient (Wildman–Crippen LogP) is 1.82. The average molecular weight is 253 g/mol. The Kier molecular flexibility index (Phi) is 5.07. The van der Waals surface area contributed by atoms with Gasteiger partial charge in [-0.1, -0.05) is 6.08 Å². The zero-order valence-electron chi connectivity index (χ0n) is 10.6. The van der Waals surface area contributed by atoms with Gasteiger partial charge in [0.15, 0.2) is 0 Å². The first-order chi connectivity index (χ1) is 8.48. The molecule has 0 saturated heterocycles. The summed E-state index contributed by atoms with van der Waals surface area (Å²) in [4.78, 5) is 26.0. The summed E-state index contributed by atoms with van der Waals surface area (Å²) < 4.78 is 5.19. The number of aliphatic carboxylic acids is 1. The summed E-state index contributed by atoms with van der Waals surface area (Å²) in [6.07, 6.45) is 5.62. The van der Waals surface area contributed by atoms with E-state index in [9.17, 15) is 14.7 Å². The molecule has 0 aromatic heterocycles. The number of allylic oxidation sites excluding steroid dienone is 1. The molecule has 1 aliphatic rings. The fraction of sp³-hybridized carbons (Fsp3) is 0.615. The van der Waals surface area contributed by atoms with Gasteiger partial charge in [0, 0.05) is 0 Å². The summed E-state index contributed by atoms with van der Waals surface area (Å²) in [6, 6.07) is 0. The van der Waals surface area contributed by atoms with E-state index in [4.69, 9.17) is 4.74 Å². The number of carbonyl (C=O) groups is 2. The Bertz CT molecular complexity index is 364. The predicted molar refractivity (Wildman–Crippen MR) is 67.6 cm³/mol. The number of nitrogens with zero attached hydrogens (tertiary/aromatic N) is 1. The van der Waals surface area contributed by atoms with Crippen molar-refractivity contribution in [1.82, 2.24) is 0 Å². The molecule has 2 atom stereocenters. The molecule has 0 radical (unpaired) electrons. The number of carbonyl (C=O) groups excluding carboxylic acids is 1. The first-order valence-corrected chi connectivity index (χ1v) is 6.00. The minimum absolute atomic E-state index is 0.0689. The lowest BCUT2D eigenvalue weighted by atomic mass is 9.79. The molecule has 5 nitrogen and oxygen atoms in total. The number of carboxylic acid groups (broad SMARTS) is 1. The van der Waals surface area contributed by atoms with Gasteiger partial charge in [0.25, 0.3) is 0 Å². The summed E-state index contributed by atoms with van der Waals surface area (Å²) in [5.74, 6) is -1.23. The molecule has 100 valence electrons. The van der Waals surface area contributed by atoms with E-state index in [0.29, 0.717) is 25.7 Å². The smallest absolute Gasteiger partial charge is 0.328 e. The van der Waals surface area contributed by atoms with Gasteiger partial charge in [-0.15, -0.1) is 0 Å². The van der Waals surface area contributed by atoms with Gasteiger partial charge in [0.1, 0.15) is 12.6 Å². The highest BCUT2D eigenvalue weighted by Crippen LogP contribution is 2.32. The summed E-state index contributed by atoms with van der Waals surface area (Å²) in [7, 11) is 0. The van der Waals surface area contributed by atoms with E-state index in [2.05, 4.69) is 11.7 Å². The van der Waals surface area contributed by atoms with E-state index in [1.165, 1.54) is 0 Å². The van der Waals surface area contributed by atoms with Crippen LogP contribution in [0, 0.1) is 5.41 Å². The van der Waals surface area contributed by atoms with Crippen LogP contribution < -0.4 is 0 Å². The highest BCUT2D eigenvalue weighted by molar-refractivity contribution is 5.74. The van der Waals surface area contributed by atoms with Crippen LogP contribution >= 0.6 is 0 Å². The van der Waals surface area contributed by atoms with Crippen LogP contribution in [0.4, 0.5) is 0 Å². The van der Waals surface area contributed by atoms with Gasteiger partial charge in [-0.3, -0.25) is 14.6 Å². The molecule has 0 spiro atoms. The fourth-order valence-electron chi connectivity index (χ4n) is 1.94. The van der Waals surface area contributed by atoms with Crippen molar-refractivity contribution in [2.24, 2.45) is 10.4 Å². The second-order valence-corrected chi connectivity index (χ2v) is 4.78. The van der Waals surface area contributed by atoms with E-state index in [0.717, 1.165) is 0 Å². The zero-order valence-corrected chi connectivity index (χ0v) is 10.6. The lowest BCUT2D eigenvalue weighted by Crippen LogP contribution is -2.30. The van der Waals surface area contributed by atoms with Crippen molar-refractivity contribution in [1.29, 1.82) is 0 Å². The number of ether oxygens (including phenoxy) is 1. The van der Waals surface area contributed by atoms with Crippen molar-refractivity contribution in [2.45, 2.75) is 38.7 Å². The van der Waals surface area contributed by atoms with E-state index >= 15 is 0 Å². The summed E-state index contributed by atoms with van der Waals surface area (Å²) in [5, 5.41) is 9.21. The second-order valence-electron chi connectivity index (χ2n) is 4.78. The Morgan fingerprint density at radius 1 is 1.56 bits per heavy atom. The molecular weight excluding hydrogens is 234 g/mol. The van der Waals surface area contributed by atoms with Crippen LogP contribution in [0.25, 0.3) is 0 Å². The van der Waals surface area contributed by atoms with Gasteiger partial charge in [-0.25, -0.2) is 0 Å². The van der Waals surface area contributed by atoms with Gasteiger partial charge >= 0.3 is 11.9 Å². The molecule has 0 saturated carbocycles. The monoisotopic (exact) mass is 253 g/mol. The lowest BCUT2D eigenvalue weighted by Gasteiger charge is -2.27. The Morgan fingerprint density at radius 2 is 2.28 bits per heavy atom. The number of hydrogen-bond acceptors (Lipinski definition) is 4. The van der Waals surface area contributed by atoms with Crippen molar-refractivity contribution < 1.29 is 19.4 Å². The SMILES string of the molecule is C=NCC(=O)OC1/C=C/CCC(C)(C(=O)O)CC1. The van der Waals surface area contributed by atoms with Gasteiger partial charge < -0.3 is 9.84 Å². The number of esters is 1. The first kappa shape index (κ1) is 14.4. The lowest BCUT2D eigenvalue weighted by molar-refractivity contribution is -0.150. The maximum atomic E-state index is 11.3. The highest BCUT2D eigenvalue weighted by atomic mass is 16.5. The highest BCUT2D eigenvalue weighted by Gasteiger charge is 2.33. The molecule has 1 N–H and O–H groups in total. The molecule has 0 fully saturated rings. The molecule has 18 heavy (non-hydrogen) atoms. The van der Waals surface area contributed by atoms with E-state index < -0.39 is 17.4 Å². The number of rotatable bonds is 4. The third kappa shape index (κ3) is 3.98. The largest absolute Gasteiger partial charge is 0.481 e. The fourth-order valence-corrected chi connectivity index (χ4v) is 1.94. The van der Waals surface area contributed by atoms with Crippen LogP contribution in [0.3, 0.4) is 0 Å². The number of hydrogen-bond donors (Lipinski definition) is 1. The quantitative estimate of drug-likeness (QED) is 0.471. The van der Waals surface area contributed by atoms with Crippen LogP contribution in [0.1, 0.15) is 32.6 Å². The summed E-state index contributed by atoms with van der Waals surface area (Å²) in [5.41, 5.74) is -0.744. The van der Waals surface area contributed by atoms with E-state index in [1.807, 2.05) is 12.2 Å². The van der Waals surface area contributed by atoms with Crippen molar-refractivity contribution in [3.8, 4) is 0 Å². The van der Waals surface area contributed by atoms with E-state index in [1.54, 1.807) is 6.92 Å². The minimum Gasteiger partial charge on any atom is -0.481 e. The molecule has 0 bridgehead atoms. The Balaban J connectivity index is 2.63. The maximum Gasteiger partial charge on any atom is 0.328 e. The molecule has 0 aliphatic heterocycles. The molecule has 5 heteroatoms. The molecule has 0 heterocycles. The van der Waals surface area contributed by atoms with E-state index in [-0.39, 0.29) is 12.6 Å². The van der Waals surface area contributed by atoms with Gasteiger partial charge in [0.2, 0.25) is 0 Å². The normalized spacial score (nSPS) is 29.7. The Morgan fingerprint density at radius 3 is 2.89 bits per heavy atom. The van der Waals surface area contributed by atoms with Crippen molar-refractivity contribution in [3.63, 3.8) is 0 Å². The molecular formula is C13H19NO4. The van der Waals surface area contributed by atoms with Crippen LogP contribution in [0.5, 0.6) is 0 Å². The third-order valence-electron chi connectivity index (χ3n) is 3.23. The molecule has 0 aromatic rings. The number of aliphatic imine (C=N–C) groups is 1. The van der Waals surface area contributed by atoms with Crippen LogP contribution in [-0.4, -0.2) is 36.4 Å². The third-order valence-corrected chi connectivity index (χ3v) is 3.23. The summed E-state index contributed by atoms with van der Waals surface area (Å²) >= 11 is 0. The second kappa shape index (κ2) is 6.33. The van der Waals surface area contributed by atoms with Gasteiger partial charge in [-0.05, 0) is 45.4 Å². The zero-order chi connectivity index (χ0) is 13.6. The Labute approximate surface area is 107 Å². The van der Waals surface area contributed by atoms with Crippen molar-refractivity contribution >= 4 is 18.7 Å². The standard InChI is InChI=1S/C13H19NO4/c1-13(12(16)17)7-4-3-5-10(6-8-13)18-11(15)9-14-2/h3,5,10H,2,4,6-9H2,1H3,(H,16,17)/b5-3+. The van der Waals surface area contributed by atoms with Gasteiger partial charge in [-0.2, -0.15) is 0 Å². The van der Waals surface area contributed by atoms with Crippen molar-refractivity contribution in [3.05, 3.63) is 12.2 Å². The topological polar surface area (TPSA) is 76.0 Å². The average Bonchev–Trinajstić information content (AvgIpc) is 2.28. The molecule has 0 aromatic carbocycles. The Hall–Kier alpha value is -1.65. The molecule has 0 amide bonds. The van der Waals surface area contributed by atoms with Crippen LogP contribution in [0.2, 0.25) is 0 Å². The maximum absolute atomic E-state index is 11.3. The van der Waals surface area contributed by atoms with Gasteiger partial charge in [0.05, 0.1) is 5.41 Å². The van der Waals surface area contributed by atoms with Crippen LogP contribution in [-0.2, 0) is 14.3 Å². The summed E-state index contributed by atoms with van der Waals surface area (Å²) in [6.45, 7) is 4.89. The molecule has 2 unspecified atom stereocenters.